The fraction of sp³-hybridized carbons (Fsp3) is 0.467. The number of rotatable bonds is 5. The van der Waals surface area contributed by atoms with Crippen molar-refractivity contribution in [1.82, 2.24) is 4.98 Å². The van der Waals surface area contributed by atoms with Crippen LogP contribution < -0.4 is 11.1 Å². The normalized spacial score (nSPS) is 11.8. The van der Waals surface area contributed by atoms with Crippen molar-refractivity contribution in [3.8, 4) is 0 Å². The highest BCUT2D eigenvalue weighted by molar-refractivity contribution is 5.96. The first-order chi connectivity index (χ1) is 9.54. The summed E-state index contributed by atoms with van der Waals surface area (Å²) in [6.45, 7) is 6.11. The Labute approximate surface area is 118 Å². The highest BCUT2D eigenvalue weighted by Crippen LogP contribution is 2.28. The van der Waals surface area contributed by atoms with Crippen LogP contribution in [0.1, 0.15) is 32.6 Å². The van der Waals surface area contributed by atoms with Gasteiger partial charge in [-0.2, -0.15) is 0 Å². The van der Waals surface area contributed by atoms with E-state index in [-0.39, 0.29) is 5.91 Å². The number of hydrogen-bond acceptors (Lipinski definition) is 4. The Bertz CT molecular complexity index is 606. The summed E-state index contributed by atoms with van der Waals surface area (Å²) in [5.41, 5.74) is 7.46. The van der Waals surface area contributed by atoms with Gasteiger partial charge in [0.15, 0.2) is 11.5 Å². The molecule has 20 heavy (non-hydrogen) atoms. The smallest absolute Gasteiger partial charge is 0.231 e. The van der Waals surface area contributed by atoms with E-state index < -0.39 is 5.41 Å². The van der Waals surface area contributed by atoms with Crippen molar-refractivity contribution in [2.45, 2.75) is 33.6 Å². The summed E-state index contributed by atoms with van der Waals surface area (Å²) in [7, 11) is 0. The number of nitrogens with zero attached hydrogens (tertiary/aromatic N) is 1. The average molecular weight is 275 g/mol. The molecule has 2 rings (SSSR count). The molecule has 0 fully saturated rings. The van der Waals surface area contributed by atoms with Gasteiger partial charge in [-0.25, -0.2) is 4.98 Å². The summed E-state index contributed by atoms with van der Waals surface area (Å²) in [4.78, 5) is 16.7. The molecule has 1 amide bonds. The monoisotopic (exact) mass is 275 g/mol. The summed E-state index contributed by atoms with van der Waals surface area (Å²) < 4.78 is 5.41. The number of fused-ring (bicyclic) bond motifs is 1. The van der Waals surface area contributed by atoms with Crippen molar-refractivity contribution >= 4 is 22.7 Å². The minimum absolute atomic E-state index is 0.0374. The fourth-order valence-corrected chi connectivity index (χ4v) is 2.34. The number of carbonyl (C=O) groups is 1. The number of oxazole rings is 1. The largest absolute Gasteiger partial charge is 0.441 e. The SMILES string of the molecule is CCC(CC)(CN)C(=O)Nc1ccc2oc(C)nc2c1. The van der Waals surface area contributed by atoms with Gasteiger partial charge in [-0.3, -0.25) is 4.79 Å². The number of benzene rings is 1. The average Bonchev–Trinajstić information content (AvgIpc) is 2.81. The quantitative estimate of drug-likeness (QED) is 0.879. The predicted octanol–water partition coefficient (Wildman–Crippen LogP) is 2.84. The van der Waals surface area contributed by atoms with Crippen LogP contribution in [-0.2, 0) is 4.79 Å². The van der Waals surface area contributed by atoms with Crippen LogP contribution in [0, 0.1) is 12.3 Å². The Morgan fingerprint density at radius 1 is 1.40 bits per heavy atom. The third kappa shape index (κ3) is 2.54. The van der Waals surface area contributed by atoms with E-state index in [0.29, 0.717) is 12.4 Å². The first kappa shape index (κ1) is 14.5. The molecule has 0 aliphatic heterocycles. The van der Waals surface area contributed by atoms with Crippen LogP contribution in [0.25, 0.3) is 11.1 Å². The highest BCUT2D eigenvalue weighted by Gasteiger charge is 2.33. The first-order valence-corrected chi connectivity index (χ1v) is 6.93. The van der Waals surface area contributed by atoms with E-state index in [1.807, 2.05) is 32.0 Å². The van der Waals surface area contributed by atoms with Gasteiger partial charge >= 0.3 is 0 Å². The zero-order valence-corrected chi connectivity index (χ0v) is 12.2. The third-order valence-corrected chi connectivity index (χ3v) is 3.98. The van der Waals surface area contributed by atoms with Gasteiger partial charge < -0.3 is 15.5 Å². The second-order valence-corrected chi connectivity index (χ2v) is 5.06. The molecule has 0 unspecified atom stereocenters. The Morgan fingerprint density at radius 3 is 2.70 bits per heavy atom. The summed E-state index contributed by atoms with van der Waals surface area (Å²) >= 11 is 0. The van der Waals surface area contributed by atoms with E-state index in [1.165, 1.54) is 0 Å². The fourth-order valence-electron chi connectivity index (χ4n) is 2.34. The van der Waals surface area contributed by atoms with Crippen LogP contribution in [-0.4, -0.2) is 17.4 Å². The van der Waals surface area contributed by atoms with E-state index in [2.05, 4.69) is 10.3 Å². The van der Waals surface area contributed by atoms with Gasteiger partial charge in [0, 0.05) is 19.2 Å². The van der Waals surface area contributed by atoms with E-state index >= 15 is 0 Å². The maximum atomic E-state index is 12.4. The maximum absolute atomic E-state index is 12.4. The lowest BCUT2D eigenvalue weighted by atomic mass is 9.81. The molecular formula is C15H21N3O2. The van der Waals surface area contributed by atoms with Crippen molar-refractivity contribution in [2.75, 3.05) is 11.9 Å². The Balaban J connectivity index is 2.24. The second kappa shape index (κ2) is 5.63. The van der Waals surface area contributed by atoms with Gasteiger partial charge in [-0.1, -0.05) is 13.8 Å². The molecule has 108 valence electrons. The number of aryl methyl sites for hydroxylation is 1. The Hall–Kier alpha value is -1.88. The van der Waals surface area contributed by atoms with Gasteiger partial charge in [-0.15, -0.1) is 0 Å². The molecule has 0 atom stereocenters. The summed E-state index contributed by atoms with van der Waals surface area (Å²) in [6.07, 6.45) is 1.44. The Kier molecular flexibility index (Phi) is 4.09. The van der Waals surface area contributed by atoms with Crippen molar-refractivity contribution < 1.29 is 9.21 Å². The van der Waals surface area contributed by atoms with Gasteiger partial charge in [-0.05, 0) is 31.0 Å². The molecule has 1 aromatic carbocycles. The van der Waals surface area contributed by atoms with Crippen LogP contribution in [0.4, 0.5) is 5.69 Å². The molecule has 0 aliphatic rings. The minimum Gasteiger partial charge on any atom is -0.441 e. The zero-order chi connectivity index (χ0) is 14.8. The number of anilines is 1. The molecule has 0 bridgehead atoms. The van der Waals surface area contributed by atoms with Crippen LogP contribution in [0.2, 0.25) is 0 Å². The van der Waals surface area contributed by atoms with E-state index in [4.69, 9.17) is 10.2 Å². The molecule has 1 aromatic heterocycles. The molecule has 0 saturated heterocycles. The highest BCUT2D eigenvalue weighted by atomic mass is 16.3. The van der Waals surface area contributed by atoms with Crippen LogP contribution in [0.3, 0.4) is 0 Å². The zero-order valence-electron chi connectivity index (χ0n) is 12.2. The molecule has 0 aliphatic carbocycles. The van der Waals surface area contributed by atoms with Crippen molar-refractivity contribution in [3.05, 3.63) is 24.1 Å². The number of hydrogen-bond donors (Lipinski definition) is 2. The summed E-state index contributed by atoms with van der Waals surface area (Å²) in [5, 5.41) is 2.94. The maximum Gasteiger partial charge on any atom is 0.231 e. The second-order valence-electron chi connectivity index (χ2n) is 5.06. The standard InChI is InChI=1S/C15H21N3O2/c1-4-15(5-2,9-16)14(19)18-11-6-7-13-12(8-11)17-10(3)20-13/h6-8H,4-5,9,16H2,1-3H3,(H,18,19). The molecule has 0 radical (unpaired) electrons. The lowest BCUT2D eigenvalue weighted by Gasteiger charge is -2.28. The van der Waals surface area contributed by atoms with E-state index in [1.54, 1.807) is 6.92 Å². The number of nitrogens with one attached hydrogen (secondary N) is 1. The van der Waals surface area contributed by atoms with E-state index in [9.17, 15) is 4.79 Å². The third-order valence-electron chi connectivity index (χ3n) is 3.98. The first-order valence-electron chi connectivity index (χ1n) is 6.93. The molecule has 2 aromatic rings. The van der Waals surface area contributed by atoms with Crippen molar-refractivity contribution in [1.29, 1.82) is 0 Å². The van der Waals surface area contributed by atoms with Crippen molar-refractivity contribution in [3.63, 3.8) is 0 Å². The van der Waals surface area contributed by atoms with Gasteiger partial charge in [0.25, 0.3) is 0 Å². The minimum atomic E-state index is -0.505. The number of aromatic nitrogens is 1. The lowest BCUT2D eigenvalue weighted by molar-refractivity contribution is -0.125. The Morgan fingerprint density at radius 2 is 2.10 bits per heavy atom. The molecule has 5 heteroatoms. The molecule has 5 nitrogen and oxygen atoms in total. The predicted molar refractivity (Wildman–Crippen MR) is 79.4 cm³/mol. The molecule has 1 heterocycles. The molecule has 0 spiro atoms. The van der Waals surface area contributed by atoms with Crippen molar-refractivity contribution in [2.24, 2.45) is 11.1 Å². The molecule has 3 N–H and O–H groups in total. The number of nitrogens with two attached hydrogens (primary N) is 1. The van der Waals surface area contributed by atoms with Gasteiger partial charge in [0.2, 0.25) is 5.91 Å². The topological polar surface area (TPSA) is 81.2 Å². The van der Waals surface area contributed by atoms with Gasteiger partial charge in [0.1, 0.15) is 5.52 Å². The summed E-state index contributed by atoms with van der Waals surface area (Å²) in [5.74, 6) is 0.575. The number of carbonyl (C=O) groups excluding carboxylic acids is 1. The molecule has 0 saturated carbocycles. The van der Waals surface area contributed by atoms with Gasteiger partial charge in [0.05, 0.1) is 5.41 Å². The van der Waals surface area contributed by atoms with Crippen LogP contribution in [0.5, 0.6) is 0 Å². The lowest BCUT2D eigenvalue weighted by Crippen LogP contribution is -2.41. The number of amides is 1. The van der Waals surface area contributed by atoms with E-state index in [0.717, 1.165) is 29.6 Å². The van der Waals surface area contributed by atoms with Crippen LogP contribution >= 0.6 is 0 Å². The molecular weight excluding hydrogens is 254 g/mol. The van der Waals surface area contributed by atoms with Crippen LogP contribution in [0.15, 0.2) is 22.6 Å². The summed E-state index contributed by atoms with van der Waals surface area (Å²) in [6, 6.07) is 5.45.